The first-order valence-electron chi connectivity index (χ1n) is 2.25. The minimum atomic E-state index is 0.465. The summed E-state index contributed by atoms with van der Waals surface area (Å²) in [7, 11) is 0. The molecule has 1 N–H and O–H groups in total. The highest BCUT2D eigenvalue weighted by molar-refractivity contribution is 6.00. The van der Waals surface area contributed by atoms with E-state index in [4.69, 9.17) is 5.21 Å². The number of rotatable bonds is 0. The second-order valence-electron chi connectivity index (χ2n) is 1.35. The fraction of sp³-hybridized carbons (Fsp3) is 0. The summed E-state index contributed by atoms with van der Waals surface area (Å²) in [6, 6.07) is 0. The largest absolute Gasteiger partial charge is 0.411 e. The molecule has 2 heteroatoms. The van der Waals surface area contributed by atoms with Gasteiger partial charge in [0.25, 0.3) is 0 Å². The van der Waals surface area contributed by atoms with Crippen LogP contribution in [-0.4, -0.2) is 10.9 Å². The monoisotopic (exact) mass is 107 g/mol. The van der Waals surface area contributed by atoms with Gasteiger partial charge in [-0.25, -0.2) is 0 Å². The van der Waals surface area contributed by atoms with Crippen molar-refractivity contribution in [2.75, 3.05) is 0 Å². The van der Waals surface area contributed by atoms with Crippen molar-refractivity contribution in [2.24, 2.45) is 5.16 Å². The van der Waals surface area contributed by atoms with E-state index in [1.54, 1.807) is 18.6 Å². The highest BCUT2D eigenvalue weighted by Gasteiger charge is 1.93. The maximum Gasteiger partial charge on any atom is 0.0952 e. The van der Waals surface area contributed by atoms with Gasteiger partial charge in [-0.15, -0.1) is 0 Å². The fourth-order valence-corrected chi connectivity index (χ4v) is 0.446. The SMILES string of the molecule is ON=C1[C]=CC=C[CH]1. The third-order valence-corrected chi connectivity index (χ3v) is 0.800. The number of nitrogens with zero attached hydrogens (tertiary/aromatic N) is 1. The van der Waals surface area contributed by atoms with E-state index in [0.29, 0.717) is 5.71 Å². The first-order chi connectivity index (χ1) is 3.93. The Morgan fingerprint density at radius 2 is 2.38 bits per heavy atom. The molecule has 0 amide bonds. The molecule has 0 saturated carbocycles. The molecule has 40 valence electrons. The van der Waals surface area contributed by atoms with Crippen LogP contribution < -0.4 is 0 Å². The van der Waals surface area contributed by atoms with Crippen molar-refractivity contribution in [3.8, 4) is 0 Å². The summed E-state index contributed by atoms with van der Waals surface area (Å²) in [5, 5.41) is 11.0. The van der Waals surface area contributed by atoms with Gasteiger partial charge in [0.15, 0.2) is 0 Å². The molecule has 2 nitrogen and oxygen atoms in total. The molecule has 0 bridgehead atoms. The Bertz CT molecular complexity index is 156. The topological polar surface area (TPSA) is 32.6 Å². The lowest BCUT2D eigenvalue weighted by atomic mass is 10.2. The summed E-state index contributed by atoms with van der Waals surface area (Å²) < 4.78 is 0. The molecule has 0 aromatic carbocycles. The van der Waals surface area contributed by atoms with Gasteiger partial charge in [-0.3, -0.25) is 0 Å². The maximum atomic E-state index is 8.13. The Kier molecular flexibility index (Phi) is 1.47. The van der Waals surface area contributed by atoms with Gasteiger partial charge < -0.3 is 5.21 Å². The molecule has 1 aliphatic carbocycles. The summed E-state index contributed by atoms with van der Waals surface area (Å²) in [6.07, 6.45) is 9.66. The van der Waals surface area contributed by atoms with Crippen LogP contribution in [0.1, 0.15) is 0 Å². The summed E-state index contributed by atoms with van der Waals surface area (Å²) >= 11 is 0. The summed E-state index contributed by atoms with van der Waals surface area (Å²) in [4.78, 5) is 0. The van der Waals surface area contributed by atoms with Crippen molar-refractivity contribution in [2.45, 2.75) is 0 Å². The van der Waals surface area contributed by atoms with Gasteiger partial charge >= 0.3 is 0 Å². The van der Waals surface area contributed by atoms with E-state index in [1.165, 1.54) is 0 Å². The quantitative estimate of drug-likeness (QED) is 0.363. The zero-order valence-corrected chi connectivity index (χ0v) is 4.20. The van der Waals surface area contributed by atoms with Crippen LogP contribution in [-0.2, 0) is 0 Å². The zero-order valence-electron chi connectivity index (χ0n) is 4.20. The standard InChI is InChI=1S/C6H5NO/c8-7-6-4-2-1-3-5-6/h1-4,8H. The van der Waals surface area contributed by atoms with E-state index in [1.807, 2.05) is 6.08 Å². The van der Waals surface area contributed by atoms with E-state index in [-0.39, 0.29) is 0 Å². The van der Waals surface area contributed by atoms with Crippen molar-refractivity contribution >= 4 is 5.71 Å². The third-order valence-electron chi connectivity index (χ3n) is 0.800. The van der Waals surface area contributed by atoms with Gasteiger partial charge in [0.05, 0.1) is 5.71 Å². The Morgan fingerprint density at radius 1 is 1.50 bits per heavy atom. The number of oxime groups is 1. The van der Waals surface area contributed by atoms with E-state index >= 15 is 0 Å². The molecular weight excluding hydrogens is 102 g/mol. The van der Waals surface area contributed by atoms with Gasteiger partial charge in [-0.1, -0.05) is 23.4 Å². The Balaban J connectivity index is 2.66. The average Bonchev–Trinajstić information content (AvgIpc) is 1.90. The summed E-state index contributed by atoms with van der Waals surface area (Å²) in [5.41, 5.74) is 0.465. The maximum absolute atomic E-state index is 8.13. The normalized spacial score (nSPS) is 22.2. The Labute approximate surface area is 47.8 Å². The molecule has 0 spiro atoms. The molecular formula is C6H5NO. The first-order valence-corrected chi connectivity index (χ1v) is 2.25. The van der Waals surface area contributed by atoms with E-state index in [2.05, 4.69) is 11.2 Å². The smallest absolute Gasteiger partial charge is 0.0952 e. The Morgan fingerprint density at radius 3 is 2.75 bits per heavy atom. The van der Waals surface area contributed by atoms with Crippen LogP contribution in [0, 0.1) is 12.5 Å². The van der Waals surface area contributed by atoms with Crippen molar-refractivity contribution in [1.29, 1.82) is 0 Å². The lowest BCUT2D eigenvalue weighted by Crippen LogP contribution is -1.94. The number of hydrogen-bond donors (Lipinski definition) is 1. The van der Waals surface area contributed by atoms with Crippen LogP contribution in [0.2, 0.25) is 0 Å². The van der Waals surface area contributed by atoms with Crippen molar-refractivity contribution in [1.82, 2.24) is 0 Å². The van der Waals surface area contributed by atoms with E-state index in [9.17, 15) is 0 Å². The molecule has 8 heavy (non-hydrogen) atoms. The van der Waals surface area contributed by atoms with Crippen LogP contribution in [0.25, 0.3) is 0 Å². The van der Waals surface area contributed by atoms with Gasteiger partial charge in [0.2, 0.25) is 0 Å². The lowest BCUT2D eigenvalue weighted by molar-refractivity contribution is 0.319. The summed E-state index contributed by atoms with van der Waals surface area (Å²) in [6.45, 7) is 0. The molecule has 0 heterocycles. The third kappa shape index (κ3) is 0.964. The zero-order chi connectivity index (χ0) is 5.82. The predicted octanol–water partition coefficient (Wildman–Crippen LogP) is 0.950. The molecule has 0 saturated heterocycles. The molecule has 0 aliphatic heterocycles. The van der Waals surface area contributed by atoms with E-state index < -0.39 is 0 Å². The van der Waals surface area contributed by atoms with Crippen molar-refractivity contribution < 1.29 is 5.21 Å². The molecule has 2 radical (unpaired) electrons. The molecule has 0 aromatic heterocycles. The molecule has 0 unspecified atom stereocenters. The first kappa shape index (κ1) is 5.09. The highest BCUT2D eigenvalue weighted by Crippen LogP contribution is 1.94. The fourth-order valence-electron chi connectivity index (χ4n) is 0.446. The van der Waals surface area contributed by atoms with Crippen LogP contribution in [0.4, 0.5) is 0 Å². The summed E-state index contributed by atoms with van der Waals surface area (Å²) in [5.74, 6) is 0. The second kappa shape index (κ2) is 2.31. The van der Waals surface area contributed by atoms with Crippen molar-refractivity contribution in [3.05, 3.63) is 30.7 Å². The highest BCUT2D eigenvalue weighted by atomic mass is 16.4. The minimum Gasteiger partial charge on any atom is -0.411 e. The Hall–Kier alpha value is -1.05. The van der Waals surface area contributed by atoms with Crippen LogP contribution in [0.5, 0.6) is 0 Å². The average molecular weight is 107 g/mol. The van der Waals surface area contributed by atoms with Gasteiger partial charge in [-0.05, 0) is 0 Å². The molecule has 0 atom stereocenters. The van der Waals surface area contributed by atoms with Crippen LogP contribution in [0.15, 0.2) is 23.4 Å². The predicted molar refractivity (Wildman–Crippen MR) is 30.5 cm³/mol. The lowest BCUT2D eigenvalue weighted by Gasteiger charge is -1.92. The number of hydrogen-bond acceptors (Lipinski definition) is 2. The second-order valence-corrected chi connectivity index (χ2v) is 1.35. The van der Waals surface area contributed by atoms with Gasteiger partial charge in [0, 0.05) is 12.5 Å². The van der Waals surface area contributed by atoms with E-state index in [0.717, 1.165) is 0 Å². The molecule has 1 aliphatic rings. The van der Waals surface area contributed by atoms with Crippen LogP contribution in [0.3, 0.4) is 0 Å². The molecule has 1 rings (SSSR count). The van der Waals surface area contributed by atoms with Crippen molar-refractivity contribution in [3.63, 3.8) is 0 Å². The molecule has 0 fully saturated rings. The van der Waals surface area contributed by atoms with Gasteiger partial charge in [0.1, 0.15) is 0 Å². The molecule has 0 aromatic rings. The van der Waals surface area contributed by atoms with Crippen LogP contribution >= 0.6 is 0 Å². The minimum absolute atomic E-state index is 0.465. The number of allylic oxidation sites excluding steroid dienone is 4. The van der Waals surface area contributed by atoms with Gasteiger partial charge in [-0.2, -0.15) is 0 Å².